The van der Waals surface area contributed by atoms with E-state index >= 15 is 0 Å². The van der Waals surface area contributed by atoms with Crippen LogP contribution in [0.25, 0.3) is 0 Å². The lowest BCUT2D eigenvalue weighted by Gasteiger charge is -2.14. The second-order valence-electron chi connectivity index (χ2n) is 5.50. The van der Waals surface area contributed by atoms with Crippen molar-refractivity contribution in [3.05, 3.63) is 46.8 Å². The highest BCUT2D eigenvalue weighted by Gasteiger charge is 2.13. The number of sulfonamides is 1. The first-order chi connectivity index (χ1) is 12.5. The van der Waals surface area contributed by atoms with Gasteiger partial charge in [0.2, 0.25) is 10.0 Å². The molecule has 7 nitrogen and oxygen atoms in total. The van der Waals surface area contributed by atoms with Gasteiger partial charge in [-0.2, -0.15) is 0 Å². The number of hydrogen-bond donors (Lipinski definition) is 3. The molecule has 0 amide bonds. The van der Waals surface area contributed by atoms with Gasteiger partial charge >= 0.3 is 0 Å². The number of benzene rings is 1. The predicted molar refractivity (Wildman–Crippen MR) is 105 cm³/mol. The van der Waals surface area contributed by atoms with Gasteiger partial charge in [-0.1, -0.05) is 18.2 Å². The van der Waals surface area contributed by atoms with Crippen LogP contribution in [0.4, 0.5) is 0 Å². The van der Waals surface area contributed by atoms with Crippen LogP contribution in [0.3, 0.4) is 0 Å². The highest BCUT2D eigenvalue weighted by atomic mass is 32.2. The molecule has 0 bridgehead atoms. The average Bonchev–Trinajstić information content (AvgIpc) is 3.17. The molecule has 0 unspecified atom stereocenters. The SMILES string of the molecule is CN=C(NCCNS(=O)(=O)c1cccs1)NCc1ccc(C)cc1OC. The zero-order valence-corrected chi connectivity index (χ0v) is 16.7. The minimum atomic E-state index is -3.44. The van der Waals surface area contributed by atoms with Crippen molar-refractivity contribution in [1.29, 1.82) is 0 Å². The van der Waals surface area contributed by atoms with Crippen molar-refractivity contribution in [2.45, 2.75) is 17.7 Å². The summed E-state index contributed by atoms with van der Waals surface area (Å²) in [6.45, 7) is 3.23. The van der Waals surface area contributed by atoms with E-state index in [0.717, 1.165) is 16.9 Å². The topological polar surface area (TPSA) is 91.8 Å². The van der Waals surface area contributed by atoms with Crippen LogP contribution in [-0.2, 0) is 16.6 Å². The second-order valence-corrected chi connectivity index (χ2v) is 8.44. The van der Waals surface area contributed by atoms with Crippen LogP contribution in [0.5, 0.6) is 5.75 Å². The summed E-state index contributed by atoms with van der Waals surface area (Å²) in [4.78, 5) is 4.14. The highest BCUT2D eigenvalue weighted by Crippen LogP contribution is 2.19. The molecule has 0 saturated heterocycles. The Balaban J connectivity index is 1.80. The Labute approximate surface area is 158 Å². The lowest BCUT2D eigenvalue weighted by atomic mass is 10.1. The number of thiophene rings is 1. The minimum Gasteiger partial charge on any atom is -0.496 e. The molecule has 0 radical (unpaired) electrons. The van der Waals surface area contributed by atoms with Crippen LogP contribution in [0, 0.1) is 6.92 Å². The molecule has 2 aromatic rings. The van der Waals surface area contributed by atoms with Gasteiger partial charge in [-0.15, -0.1) is 11.3 Å². The molecule has 26 heavy (non-hydrogen) atoms. The van der Waals surface area contributed by atoms with E-state index in [1.807, 2.05) is 25.1 Å². The monoisotopic (exact) mass is 396 g/mol. The van der Waals surface area contributed by atoms with Crippen LogP contribution in [0.15, 0.2) is 44.9 Å². The zero-order valence-electron chi connectivity index (χ0n) is 15.1. The highest BCUT2D eigenvalue weighted by molar-refractivity contribution is 7.91. The molecule has 2 rings (SSSR count). The third-order valence-corrected chi connectivity index (χ3v) is 6.44. The lowest BCUT2D eigenvalue weighted by Crippen LogP contribution is -2.41. The second kappa shape index (κ2) is 9.56. The average molecular weight is 397 g/mol. The lowest BCUT2D eigenvalue weighted by molar-refractivity contribution is 0.408. The number of aliphatic imine (C=N–C) groups is 1. The van der Waals surface area contributed by atoms with Crippen LogP contribution in [-0.4, -0.2) is 41.6 Å². The van der Waals surface area contributed by atoms with Gasteiger partial charge in [0.15, 0.2) is 5.96 Å². The molecular formula is C17H24N4O3S2. The molecule has 0 fully saturated rings. The van der Waals surface area contributed by atoms with Gasteiger partial charge in [-0.3, -0.25) is 4.99 Å². The van der Waals surface area contributed by atoms with E-state index in [2.05, 4.69) is 20.3 Å². The normalized spacial score (nSPS) is 12.0. The minimum absolute atomic E-state index is 0.259. The Morgan fingerprint density at radius 3 is 2.69 bits per heavy atom. The molecule has 9 heteroatoms. The third-order valence-electron chi connectivity index (χ3n) is 3.58. The fourth-order valence-corrected chi connectivity index (χ4v) is 4.32. The standard InChI is InChI=1S/C17H24N4O3S2/c1-13-6-7-14(15(11-13)24-3)12-20-17(18-2)19-8-9-21-26(22,23)16-5-4-10-25-16/h4-7,10-11,21H,8-9,12H2,1-3H3,(H2,18,19,20). The summed E-state index contributed by atoms with van der Waals surface area (Å²) in [5.41, 5.74) is 2.14. The summed E-state index contributed by atoms with van der Waals surface area (Å²) in [6, 6.07) is 9.30. The van der Waals surface area contributed by atoms with E-state index in [4.69, 9.17) is 4.74 Å². The van der Waals surface area contributed by atoms with Gasteiger partial charge in [0.1, 0.15) is 9.96 Å². The predicted octanol–water partition coefficient (Wildman–Crippen LogP) is 1.71. The van der Waals surface area contributed by atoms with E-state index < -0.39 is 10.0 Å². The van der Waals surface area contributed by atoms with Crippen LogP contribution < -0.4 is 20.1 Å². The largest absolute Gasteiger partial charge is 0.496 e. The molecule has 142 valence electrons. The van der Waals surface area contributed by atoms with E-state index in [1.54, 1.807) is 31.7 Å². The molecule has 3 N–H and O–H groups in total. The molecule has 0 atom stereocenters. The van der Waals surface area contributed by atoms with E-state index in [9.17, 15) is 8.42 Å². The Morgan fingerprint density at radius 2 is 2.04 bits per heavy atom. The van der Waals surface area contributed by atoms with Gasteiger partial charge in [0, 0.05) is 32.2 Å². The molecule has 1 aromatic heterocycles. The molecule has 0 aliphatic heterocycles. The summed E-state index contributed by atoms with van der Waals surface area (Å²) in [7, 11) is -0.130. The van der Waals surface area contributed by atoms with Crippen molar-refractivity contribution in [2.24, 2.45) is 4.99 Å². The number of nitrogens with zero attached hydrogens (tertiary/aromatic N) is 1. The van der Waals surface area contributed by atoms with Gasteiger partial charge < -0.3 is 15.4 Å². The van der Waals surface area contributed by atoms with Gasteiger partial charge in [0.25, 0.3) is 0 Å². The van der Waals surface area contributed by atoms with Crippen molar-refractivity contribution < 1.29 is 13.2 Å². The number of hydrogen-bond acceptors (Lipinski definition) is 5. The number of nitrogens with one attached hydrogen (secondary N) is 3. The Kier molecular flexibility index (Phi) is 7.43. The molecule has 0 aliphatic rings. The first-order valence-electron chi connectivity index (χ1n) is 8.07. The van der Waals surface area contributed by atoms with Crippen LogP contribution in [0.1, 0.15) is 11.1 Å². The maximum atomic E-state index is 12.0. The molecule has 0 aliphatic carbocycles. The van der Waals surface area contributed by atoms with Gasteiger partial charge in [0.05, 0.1) is 7.11 Å². The Hall–Kier alpha value is -2.10. The molecule has 1 aromatic carbocycles. The van der Waals surface area contributed by atoms with Gasteiger partial charge in [-0.25, -0.2) is 13.1 Å². The molecule has 1 heterocycles. The smallest absolute Gasteiger partial charge is 0.250 e. The zero-order chi connectivity index (χ0) is 19.0. The summed E-state index contributed by atoms with van der Waals surface area (Å²) in [5, 5.41) is 8.00. The van der Waals surface area contributed by atoms with Crippen molar-refractivity contribution in [2.75, 3.05) is 27.2 Å². The Bertz CT molecular complexity index is 834. The first kappa shape index (κ1) is 20.2. The summed E-state index contributed by atoms with van der Waals surface area (Å²) in [6.07, 6.45) is 0. The van der Waals surface area contributed by atoms with Crippen LogP contribution in [0.2, 0.25) is 0 Å². The van der Waals surface area contributed by atoms with Crippen molar-refractivity contribution in [1.82, 2.24) is 15.4 Å². The summed E-state index contributed by atoms with van der Waals surface area (Å²) >= 11 is 1.19. The summed E-state index contributed by atoms with van der Waals surface area (Å²) < 4.78 is 32.3. The van der Waals surface area contributed by atoms with Crippen molar-refractivity contribution in [3.63, 3.8) is 0 Å². The quantitative estimate of drug-likeness (QED) is 0.359. The third kappa shape index (κ3) is 5.72. The van der Waals surface area contributed by atoms with E-state index in [0.29, 0.717) is 23.3 Å². The number of aryl methyl sites for hydroxylation is 1. The van der Waals surface area contributed by atoms with E-state index in [-0.39, 0.29) is 6.54 Å². The number of methoxy groups -OCH3 is 1. The fourth-order valence-electron chi connectivity index (χ4n) is 2.25. The number of ether oxygens (including phenoxy) is 1. The van der Waals surface area contributed by atoms with Crippen LogP contribution >= 0.6 is 11.3 Å². The molecule has 0 saturated carbocycles. The maximum absolute atomic E-state index is 12.0. The first-order valence-corrected chi connectivity index (χ1v) is 10.4. The van der Waals surface area contributed by atoms with Gasteiger partial charge in [-0.05, 0) is 30.0 Å². The van der Waals surface area contributed by atoms with E-state index in [1.165, 1.54) is 11.3 Å². The maximum Gasteiger partial charge on any atom is 0.250 e. The molecular weight excluding hydrogens is 372 g/mol. The molecule has 0 spiro atoms. The Morgan fingerprint density at radius 1 is 1.23 bits per heavy atom. The van der Waals surface area contributed by atoms with Crippen molar-refractivity contribution in [3.8, 4) is 5.75 Å². The number of rotatable bonds is 8. The summed E-state index contributed by atoms with van der Waals surface area (Å²) in [5.74, 6) is 1.40. The number of guanidine groups is 1. The van der Waals surface area contributed by atoms with Crippen molar-refractivity contribution >= 4 is 27.3 Å². The fraction of sp³-hybridized carbons (Fsp3) is 0.353.